The van der Waals surface area contributed by atoms with Crippen LogP contribution in [-0.2, 0) is 0 Å². The smallest absolute Gasteiger partial charge is 0.387 e. The molecule has 0 saturated heterocycles. The molecule has 1 amide bonds. The number of methoxy groups -OCH3 is 1. The van der Waals surface area contributed by atoms with E-state index in [1.807, 2.05) is 31.2 Å². The topological polar surface area (TPSA) is 78.3 Å². The second-order valence-corrected chi connectivity index (χ2v) is 5.87. The summed E-state index contributed by atoms with van der Waals surface area (Å²) in [6.07, 6.45) is 3.04. The summed E-state index contributed by atoms with van der Waals surface area (Å²) in [5, 5.41) is 6.92. The lowest BCUT2D eigenvalue weighted by Crippen LogP contribution is -2.26. The number of alkyl halides is 2. The lowest BCUT2D eigenvalue weighted by molar-refractivity contribution is -0.0512. The molecule has 7 nitrogen and oxygen atoms in total. The Labute approximate surface area is 159 Å². The molecule has 0 radical (unpaired) electrons. The molecule has 1 unspecified atom stereocenters. The Morgan fingerprint density at radius 3 is 2.50 bits per heavy atom. The highest BCUT2D eigenvalue weighted by Gasteiger charge is 2.16. The molecule has 146 valence electrons. The van der Waals surface area contributed by atoms with Crippen molar-refractivity contribution >= 4 is 5.91 Å². The molecule has 1 heterocycles. The number of rotatable bonds is 7. The third-order valence-electron chi connectivity index (χ3n) is 4.07. The van der Waals surface area contributed by atoms with E-state index in [1.165, 1.54) is 31.6 Å². The van der Waals surface area contributed by atoms with Crippen LogP contribution in [0.4, 0.5) is 8.78 Å². The molecule has 0 aliphatic rings. The normalized spacial score (nSPS) is 11.9. The molecule has 1 aromatic heterocycles. The average Bonchev–Trinajstić information content (AvgIpc) is 3.22. The van der Waals surface area contributed by atoms with E-state index in [4.69, 9.17) is 4.74 Å². The van der Waals surface area contributed by atoms with Gasteiger partial charge in [0, 0.05) is 5.56 Å². The van der Waals surface area contributed by atoms with E-state index in [2.05, 4.69) is 20.1 Å². The molecule has 0 aliphatic carbocycles. The van der Waals surface area contributed by atoms with Crippen LogP contribution in [0.25, 0.3) is 5.69 Å². The van der Waals surface area contributed by atoms with Crippen molar-refractivity contribution in [3.05, 3.63) is 66.2 Å². The first-order valence-electron chi connectivity index (χ1n) is 8.36. The Morgan fingerprint density at radius 2 is 1.89 bits per heavy atom. The van der Waals surface area contributed by atoms with Crippen molar-refractivity contribution in [3.63, 3.8) is 0 Å². The van der Waals surface area contributed by atoms with Crippen molar-refractivity contribution in [1.82, 2.24) is 20.1 Å². The minimum Gasteiger partial charge on any atom is -0.493 e. The van der Waals surface area contributed by atoms with E-state index < -0.39 is 6.61 Å². The number of hydrogen-bond acceptors (Lipinski definition) is 5. The van der Waals surface area contributed by atoms with Gasteiger partial charge in [0.15, 0.2) is 11.5 Å². The molecule has 28 heavy (non-hydrogen) atoms. The molecular weight excluding hydrogens is 370 g/mol. The van der Waals surface area contributed by atoms with Gasteiger partial charge in [0.25, 0.3) is 5.91 Å². The van der Waals surface area contributed by atoms with Gasteiger partial charge in [0.2, 0.25) is 0 Å². The highest BCUT2D eigenvalue weighted by Crippen LogP contribution is 2.29. The Balaban J connectivity index is 1.70. The second kappa shape index (κ2) is 8.47. The van der Waals surface area contributed by atoms with Crippen molar-refractivity contribution in [3.8, 4) is 17.2 Å². The summed E-state index contributed by atoms with van der Waals surface area (Å²) in [7, 11) is 1.31. The van der Waals surface area contributed by atoms with Crippen LogP contribution in [0.5, 0.6) is 11.5 Å². The predicted octanol–water partition coefficient (Wildman–Crippen LogP) is 3.37. The van der Waals surface area contributed by atoms with Crippen LogP contribution < -0.4 is 14.8 Å². The molecule has 1 N–H and O–H groups in total. The number of hydrogen-bond donors (Lipinski definition) is 1. The molecule has 0 bridgehead atoms. The summed E-state index contributed by atoms with van der Waals surface area (Å²) >= 11 is 0. The lowest BCUT2D eigenvalue weighted by atomic mass is 10.1. The summed E-state index contributed by atoms with van der Waals surface area (Å²) < 4.78 is 35.8. The Bertz CT molecular complexity index is 931. The quantitative estimate of drug-likeness (QED) is 0.671. The minimum absolute atomic E-state index is 0.0535. The number of nitrogens with one attached hydrogen (secondary N) is 1. The molecule has 0 saturated carbocycles. The van der Waals surface area contributed by atoms with E-state index in [0.717, 1.165) is 11.3 Å². The van der Waals surface area contributed by atoms with Gasteiger partial charge in [-0.15, -0.1) is 0 Å². The van der Waals surface area contributed by atoms with Crippen molar-refractivity contribution in [2.45, 2.75) is 19.6 Å². The molecule has 9 heteroatoms. The summed E-state index contributed by atoms with van der Waals surface area (Å²) in [5.74, 6) is -0.446. The van der Waals surface area contributed by atoms with Crippen molar-refractivity contribution in [2.24, 2.45) is 0 Å². The Hall–Kier alpha value is -3.49. The van der Waals surface area contributed by atoms with Gasteiger partial charge in [-0.1, -0.05) is 12.1 Å². The van der Waals surface area contributed by atoms with Gasteiger partial charge in [0.1, 0.15) is 12.7 Å². The Kier molecular flexibility index (Phi) is 5.83. The molecule has 0 spiro atoms. The molecule has 0 fully saturated rings. The summed E-state index contributed by atoms with van der Waals surface area (Å²) in [6.45, 7) is -1.14. The fourth-order valence-corrected chi connectivity index (χ4v) is 2.62. The van der Waals surface area contributed by atoms with Crippen molar-refractivity contribution in [1.29, 1.82) is 0 Å². The maximum absolute atomic E-state index is 12.5. The maximum Gasteiger partial charge on any atom is 0.387 e. The monoisotopic (exact) mass is 388 g/mol. The average molecular weight is 388 g/mol. The lowest BCUT2D eigenvalue weighted by Gasteiger charge is -2.16. The number of nitrogens with zero attached hydrogens (tertiary/aromatic N) is 3. The SMILES string of the molecule is COc1cc(C(=O)NC(C)c2ccc(-n3cncn3)cc2)ccc1OC(F)F. The van der Waals surface area contributed by atoms with Gasteiger partial charge < -0.3 is 14.8 Å². The van der Waals surface area contributed by atoms with Crippen LogP contribution >= 0.6 is 0 Å². The van der Waals surface area contributed by atoms with E-state index in [9.17, 15) is 13.6 Å². The van der Waals surface area contributed by atoms with Crippen LogP contribution in [0.3, 0.4) is 0 Å². The first-order valence-corrected chi connectivity index (χ1v) is 8.36. The van der Waals surface area contributed by atoms with Crippen molar-refractivity contribution in [2.75, 3.05) is 7.11 Å². The fourth-order valence-electron chi connectivity index (χ4n) is 2.62. The zero-order valence-corrected chi connectivity index (χ0v) is 15.2. The first kappa shape index (κ1) is 19.3. The highest BCUT2D eigenvalue weighted by molar-refractivity contribution is 5.95. The van der Waals surface area contributed by atoms with Crippen LogP contribution in [0.15, 0.2) is 55.1 Å². The van der Waals surface area contributed by atoms with Crippen LogP contribution in [0, 0.1) is 0 Å². The van der Waals surface area contributed by atoms with Gasteiger partial charge in [-0.05, 0) is 42.8 Å². The van der Waals surface area contributed by atoms with Gasteiger partial charge in [-0.2, -0.15) is 13.9 Å². The van der Waals surface area contributed by atoms with Gasteiger partial charge >= 0.3 is 6.61 Å². The van der Waals surface area contributed by atoms with E-state index >= 15 is 0 Å². The molecular formula is C19H18F2N4O3. The fraction of sp³-hybridized carbons (Fsp3) is 0.211. The molecule has 2 aromatic carbocycles. The largest absolute Gasteiger partial charge is 0.493 e. The number of benzene rings is 2. The van der Waals surface area contributed by atoms with Crippen LogP contribution in [0.2, 0.25) is 0 Å². The number of aromatic nitrogens is 3. The number of ether oxygens (including phenoxy) is 2. The first-order chi connectivity index (χ1) is 13.5. The van der Waals surface area contributed by atoms with Gasteiger partial charge in [0.05, 0.1) is 18.8 Å². The summed E-state index contributed by atoms with van der Waals surface area (Å²) in [5.41, 5.74) is 2.01. The highest BCUT2D eigenvalue weighted by atomic mass is 19.3. The van der Waals surface area contributed by atoms with Crippen molar-refractivity contribution < 1.29 is 23.0 Å². The van der Waals surface area contributed by atoms with E-state index in [0.29, 0.717) is 0 Å². The maximum atomic E-state index is 12.5. The minimum atomic E-state index is -2.98. The van der Waals surface area contributed by atoms with E-state index in [1.54, 1.807) is 11.0 Å². The molecule has 3 aromatic rings. The van der Waals surface area contributed by atoms with Gasteiger partial charge in [-0.3, -0.25) is 4.79 Å². The Morgan fingerprint density at radius 1 is 1.14 bits per heavy atom. The van der Waals surface area contributed by atoms with Crippen LogP contribution in [-0.4, -0.2) is 34.4 Å². The predicted molar refractivity (Wildman–Crippen MR) is 96.9 cm³/mol. The van der Waals surface area contributed by atoms with Crippen LogP contribution in [0.1, 0.15) is 28.9 Å². The zero-order valence-electron chi connectivity index (χ0n) is 15.2. The van der Waals surface area contributed by atoms with E-state index in [-0.39, 0.29) is 29.0 Å². The summed E-state index contributed by atoms with van der Waals surface area (Å²) in [4.78, 5) is 16.4. The summed E-state index contributed by atoms with van der Waals surface area (Å²) in [6, 6.07) is 11.2. The third kappa shape index (κ3) is 4.43. The molecule has 3 rings (SSSR count). The zero-order chi connectivity index (χ0) is 20.1. The number of carbonyl (C=O) groups excluding carboxylic acids is 1. The standard InChI is InChI=1S/C19H18F2N4O3/c1-12(13-3-6-15(7-4-13)25-11-22-10-23-25)24-18(26)14-5-8-16(28-19(20)21)17(9-14)27-2/h3-12,19H,1-2H3,(H,24,26). The second-order valence-electron chi connectivity index (χ2n) is 5.87. The van der Waals surface area contributed by atoms with Gasteiger partial charge in [-0.25, -0.2) is 9.67 Å². The molecule has 0 aliphatic heterocycles. The number of amides is 1. The number of halogens is 2. The third-order valence-corrected chi connectivity index (χ3v) is 4.07. The number of carbonyl (C=O) groups is 1. The molecule has 1 atom stereocenters.